The maximum atomic E-state index is 12.6. The fraction of sp³-hybridized carbons (Fsp3) is 0.500. The number of aromatic nitrogens is 2. The van der Waals surface area contributed by atoms with Crippen molar-refractivity contribution < 1.29 is 9.59 Å². The Balaban J connectivity index is 1.60. The van der Waals surface area contributed by atoms with E-state index in [1.54, 1.807) is 12.5 Å². The van der Waals surface area contributed by atoms with Crippen molar-refractivity contribution in [3.63, 3.8) is 0 Å². The highest BCUT2D eigenvalue weighted by atomic mass is 16.2. The molecule has 3 rings (SSSR count). The molecule has 1 saturated carbocycles. The first-order chi connectivity index (χ1) is 13.5. The van der Waals surface area contributed by atoms with Gasteiger partial charge >= 0.3 is 0 Å². The van der Waals surface area contributed by atoms with E-state index < -0.39 is 0 Å². The Labute approximate surface area is 166 Å². The van der Waals surface area contributed by atoms with Crippen LogP contribution in [0.1, 0.15) is 69.2 Å². The number of rotatable bonds is 5. The van der Waals surface area contributed by atoms with E-state index in [0.717, 1.165) is 18.5 Å². The molecule has 0 saturated heterocycles. The Hall–Kier alpha value is -2.63. The molecule has 1 aliphatic carbocycles. The van der Waals surface area contributed by atoms with Crippen molar-refractivity contribution in [2.24, 2.45) is 5.92 Å². The van der Waals surface area contributed by atoms with Gasteiger partial charge in [0, 0.05) is 23.2 Å². The Morgan fingerprint density at radius 3 is 2.32 bits per heavy atom. The second-order valence-electron chi connectivity index (χ2n) is 7.87. The fourth-order valence-electron chi connectivity index (χ4n) is 3.45. The van der Waals surface area contributed by atoms with Crippen LogP contribution in [0, 0.1) is 5.92 Å². The number of anilines is 1. The molecule has 0 radical (unpaired) electrons. The summed E-state index contributed by atoms with van der Waals surface area (Å²) in [6.45, 7) is 3.68. The number of carbonyl (C=O) groups is 2. The molecule has 1 fully saturated rings. The molecule has 28 heavy (non-hydrogen) atoms. The van der Waals surface area contributed by atoms with E-state index in [1.807, 2.05) is 42.7 Å². The molecule has 1 heterocycles. The number of benzene rings is 1. The average Bonchev–Trinajstić information content (AvgIpc) is 3.12. The minimum absolute atomic E-state index is 0.00681. The van der Waals surface area contributed by atoms with E-state index in [9.17, 15) is 9.59 Å². The fourth-order valence-corrected chi connectivity index (χ4v) is 3.45. The van der Waals surface area contributed by atoms with Crippen LogP contribution in [-0.2, 0) is 4.79 Å². The second kappa shape index (κ2) is 9.53. The van der Waals surface area contributed by atoms with E-state index in [4.69, 9.17) is 0 Å². The predicted molar refractivity (Wildman–Crippen MR) is 111 cm³/mol. The van der Waals surface area contributed by atoms with Crippen molar-refractivity contribution in [1.82, 2.24) is 14.9 Å². The van der Waals surface area contributed by atoms with Crippen LogP contribution >= 0.6 is 0 Å². The summed E-state index contributed by atoms with van der Waals surface area (Å²) < 4.78 is 1.83. The van der Waals surface area contributed by atoms with Crippen molar-refractivity contribution in [2.45, 2.75) is 64.8 Å². The number of hydrogen-bond acceptors (Lipinski definition) is 3. The van der Waals surface area contributed by atoms with Crippen LogP contribution in [0.4, 0.5) is 5.82 Å². The van der Waals surface area contributed by atoms with Gasteiger partial charge in [-0.1, -0.05) is 46.0 Å². The molecule has 0 unspecified atom stereocenters. The minimum atomic E-state index is -0.0965. The maximum absolute atomic E-state index is 12.6. The number of nitrogens with zero attached hydrogens (tertiary/aromatic N) is 2. The van der Waals surface area contributed by atoms with Gasteiger partial charge in [0.25, 0.3) is 5.91 Å². The molecular weight excluding hydrogens is 352 g/mol. The average molecular weight is 383 g/mol. The van der Waals surface area contributed by atoms with Gasteiger partial charge in [-0.2, -0.15) is 0 Å². The summed E-state index contributed by atoms with van der Waals surface area (Å²) in [5.41, 5.74) is 1.55. The number of nitrogens with one attached hydrogen (secondary N) is 2. The monoisotopic (exact) mass is 382 g/mol. The Morgan fingerprint density at radius 1 is 1.04 bits per heavy atom. The summed E-state index contributed by atoms with van der Waals surface area (Å²) in [5.74, 6) is 0.352. The van der Waals surface area contributed by atoms with Crippen molar-refractivity contribution in [3.05, 3.63) is 42.4 Å². The Morgan fingerprint density at radius 2 is 1.68 bits per heavy atom. The zero-order valence-corrected chi connectivity index (χ0v) is 16.8. The number of hydrogen-bond donors (Lipinski definition) is 2. The lowest BCUT2D eigenvalue weighted by molar-refractivity contribution is -0.118. The molecule has 150 valence electrons. The van der Waals surface area contributed by atoms with E-state index in [0.29, 0.717) is 11.4 Å². The minimum Gasteiger partial charge on any atom is -0.349 e. The van der Waals surface area contributed by atoms with Gasteiger partial charge in [-0.3, -0.25) is 9.59 Å². The largest absolute Gasteiger partial charge is 0.349 e. The molecule has 1 aromatic heterocycles. The highest BCUT2D eigenvalue weighted by Crippen LogP contribution is 2.18. The molecule has 2 aromatic rings. The maximum Gasteiger partial charge on any atom is 0.251 e. The number of imidazole rings is 1. The molecule has 0 spiro atoms. The van der Waals surface area contributed by atoms with Gasteiger partial charge in [-0.15, -0.1) is 0 Å². The molecule has 0 bridgehead atoms. The van der Waals surface area contributed by atoms with Gasteiger partial charge in [0.2, 0.25) is 5.91 Å². The van der Waals surface area contributed by atoms with Crippen LogP contribution in [-0.4, -0.2) is 27.4 Å². The standard InChI is InChI=1S/C22H30N4O2/c1-16(2)21(27)25-20-14-26(15-23-20)19-12-10-17(11-13-19)22(28)24-18-8-6-4-3-5-7-9-18/h10-16,18H,3-9H2,1-2H3,(H,24,28)(H,25,27). The lowest BCUT2D eigenvalue weighted by atomic mass is 9.96. The summed E-state index contributed by atoms with van der Waals surface area (Å²) in [6, 6.07) is 7.74. The van der Waals surface area contributed by atoms with Crippen LogP contribution in [0.15, 0.2) is 36.8 Å². The van der Waals surface area contributed by atoms with E-state index in [-0.39, 0.29) is 23.8 Å². The van der Waals surface area contributed by atoms with Crippen LogP contribution < -0.4 is 10.6 Å². The molecule has 2 amide bonds. The first-order valence-electron chi connectivity index (χ1n) is 10.3. The molecule has 1 aromatic carbocycles. The molecule has 2 N–H and O–H groups in total. The van der Waals surface area contributed by atoms with Gasteiger partial charge in [-0.05, 0) is 37.1 Å². The zero-order valence-electron chi connectivity index (χ0n) is 16.8. The topological polar surface area (TPSA) is 76.0 Å². The molecule has 1 aliphatic rings. The SMILES string of the molecule is CC(C)C(=O)Nc1cn(-c2ccc(C(=O)NC3CCCCCCC3)cc2)cn1. The highest BCUT2D eigenvalue weighted by Gasteiger charge is 2.15. The summed E-state index contributed by atoms with van der Waals surface area (Å²) >= 11 is 0. The van der Waals surface area contributed by atoms with Crippen LogP contribution in [0.3, 0.4) is 0 Å². The molecule has 0 atom stereocenters. The van der Waals surface area contributed by atoms with E-state index in [2.05, 4.69) is 15.6 Å². The summed E-state index contributed by atoms with van der Waals surface area (Å²) in [6.07, 6.45) is 11.8. The quantitative estimate of drug-likeness (QED) is 0.809. The third-order valence-corrected chi connectivity index (χ3v) is 5.23. The molecule has 0 aliphatic heterocycles. The van der Waals surface area contributed by atoms with Gasteiger partial charge in [0.15, 0.2) is 5.82 Å². The lowest BCUT2D eigenvalue weighted by Crippen LogP contribution is -2.35. The summed E-state index contributed by atoms with van der Waals surface area (Å²) in [4.78, 5) is 28.6. The van der Waals surface area contributed by atoms with Crippen molar-refractivity contribution in [3.8, 4) is 5.69 Å². The second-order valence-corrected chi connectivity index (χ2v) is 7.87. The van der Waals surface area contributed by atoms with Gasteiger partial charge < -0.3 is 15.2 Å². The third-order valence-electron chi connectivity index (χ3n) is 5.23. The zero-order chi connectivity index (χ0) is 19.9. The van der Waals surface area contributed by atoms with E-state index in [1.165, 1.54) is 32.1 Å². The molecule has 6 nitrogen and oxygen atoms in total. The van der Waals surface area contributed by atoms with Gasteiger partial charge in [-0.25, -0.2) is 4.98 Å². The van der Waals surface area contributed by atoms with Crippen LogP contribution in [0.25, 0.3) is 5.69 Å². The normalized spacial score (nSPS) is 15.7. The Kier molecular flexibility index (Phi) is 6.85. The lowest BCUT2D eigenvalue weighted by Gasteiger charge is -2.21. The highest BCUT2D eigenvalue weighted by molar-refractivity contribution is 5.94. The van der Waals surface area contributed by atoms with Crippen LogP contribution in [0.2, 0.25) is 0 Å². The van der Waals surface area contributed by atoms with Gasteiger partial charge in [0.05, 0.1) is 6.20 Å². The molecular formula is C22H30N4O2. The van der Waals surface area contributed by atoms with Crippen LogP contribution in [0.5, 0.6) is 0 Å². The summed E-state index contributed by atoms with van der Waals surface area (Å²) in [7, 11) is 0. The third kappa shape index (κ3) is 5.44. The van der Waals surface area contributed by atoms with Crippen molar-refractivity contribution in [2.75, 3.05) is 5.32 Å². The predicted octanol–water partition coefficient (Wildman–Crippen LogP) is 4.31. The van der Waals surface area contributed by atoms with Gasteiger partial charge in [0.1, 0.15) is 6.33 Å². The summed E-state index contributed by atoms with van der Waals surface area (Å²) in [5, 5.41) is 5.97. The first kappa shape index (κ1) is 20.1. The smallest absolute Gasteiger partial charge is 0.251 e. The number of carbonyl (C=O) groups excluding carboxylic acids is 2. The molecule has 6 heteroatoms. The van der Waals surface area contributed by atoms with Crippen molar-refractivity contribution in [1.29, 1.82) is 0 Å². The first-order valence-corrected chi connectivity index (χ1v) is 10.3. The van der Waals surface area contributed by atoms with E-state index >= 15 is 0 Å². The number of amides is 2. The Bertz CT molecular complexity index is 787. The van der Waals surface area contributed by atoms with Crippen molar-refractivity contribution >= 4 is 17.6 Å².